The molecule has 0 saturated carbocycles. The molecule has 0 fully saturated rings. The van der Waals surface area contributed by atoms with E-state index < -0.39 is 10.0 Å². The molecule has 0 amide bonds. The number of hydrogen-bond acceptors (Lipinski definition) is 8. The summed E-state index contributed by atoms with van der Waals surface area (Å²) >= 11 is 1.20. The lowest BCUT2D eigenvalue weighted by atomic mass is 10.1. The highest BCUT2D eigenvalue weighted by Gasteiger charge is 2.28. The van der Waals surface area contributed by atoms with E-state index >= 15 is 0 Å². The topological polar surface area (TPSA) is 105 Å². The number of methoxy groups -OCH3 is 1. The maximum Gasteiger partial charge on any atom is 0.263 e. The van der Waals surface area contributed by atoms with Crippen molar-refractivity contribution in [2.75, 3.05) is 23.3 Å². The number of ether oxygens (including phenoxy) is 2. The molecule has 1 aromatic heterocycles. The molecule has 2 aromatic carbocycles. The van der Waals surface area contributed by atoms with Gasteiger partial charge in [-0.1, -0.05) is 0 Å². The Bertz CT molecular complexity index is 1220. The van der Waals surface area contributed by atoms with Gasteiger partial charge in [0, 0.05) is 23.7 Å². The fourth-order valence-corrected chi connectivity index (χ4v) is 5.04. The Hall–Kier alpha value is -3.29. The normalized spacial score (nSPS) is 15.6. The quantitative estimate of drug-likeness (QED) is 0.642. The molecule has 8 nitrogen and oxygen atoms in total. The summed E-state index contributed by atoms with van der Waals surface area (Å²) in [5, 5.41) is 11.1. The predicted octanol–water partition coefficient (Wildman–Crippen LogP) is 3.74. The van der Waals surface area contributed by atoms with Gasteiger partial charge in [0.2, 0.25) is 0 Å². The van der Waals surface area contributed by atoms with Gasteiger partial charge >= 0.3 is 0 Å². The lowest BCUT2D eigenvalue weighted by Gasteiger charge is -2.35. The van der Waals surface area contributed by atoms with Gasteiger partial charge in [-0.25, -0.2) is 13.4 Å². The largest absolute Gasteiger partial charge is 0.495 e. The number of hydrogen-bond donors (Lipinski definition) is 1. The van der Waals surface area contributed by atoms with Crippen molar-refractivity contribution in [2.24, 2.45) is 0 Å². The first kappa shape index (κ1) is 20.0. The fraction of sp³-hybridized carbons (Fsp3) is 0.200. The van der Waals surface area contributed by atoms with Crippen LogP contribution in [0.2, 0.25) is 0 Å². The van der Waals surface area contributed by atoms with Gasteiger partial charge in [0.25, 0.3) is 10.0 Å². The smallest absolute Gasteiger partial charge is 0.263 e. The maximum absolute atomic E-state index is 12.7. The summed E-state index contributed by atoms with van der Waals surface area (Å²) in [5.41, 5.74) is 1.97. The molecule has 1 N–H and O–H groups in total. The van der Waals surface area contributed by atoms with Crippen LogP contribution in [-0.4, -0.2) is 33.2 Å². The molecule has 0 saturated heterocycles. The molecule has 10 heteroatoms. The van der Waals surface area contributed by atoms with Gasteiger partial charge in [-0.3, -0.25) is 4.72 Å². The lowest BCUT2D eigenvalue weighted by molar-refractivity contribution is 0.217. The Morgan fingerprint density at radius 3 is 2.80 bits per heavy atom. The van der Waals surface area contributed by atoms with Crippen LogP contribution in [0.1, 0.15) is 12.5 Å². The number of nitrogens with one attached hydrogen (secondary N) is 1. The van der Waals surface area contributed by atoms with Crippen LogP contribution in [0.3, 0.4) is 0 Å². The van der Waals surface area contributed by atoms with E-state index in [-0.39, 0.29) is 11.0 Å². The van der Waals surface area contributed by atoms with E-state index in [2.05, 4.69) is 15.8 Å². The fourth-order valence-electron chi connectivity index (χ4n) is 3.23. The van der Waals surface area contributed by atoms with Crippen molar-refractivity contribution in [2.45, 2.75) is 17.9 Å². The van der Waals surface area contributed by atoms with Crippen molar-refractivity contribution in [3.8, 4) is 17.6 Å². The van der Waals surface area contributed by atoms with Crippen molar-refractivity contribution in [1.82, 2.24) is 4.98 Å². The molecule has 1 aliphatic rings. The van der Waals surface area contributed by atoms with Crippen molar-refractivity contribution in [3.05, 3.63) is 53.5 Å². The third-order valence-corrected chi connectivity index (χ3v) is 6.71. The Labute approximate surface area is 178 Å². The van der Waals surface area contributed by atoms with Crippen LogP contribution in [0.25, 0.3) is 0 Å². The minimum Gasteiger partial charge on any atom is -0.495 e. The minimum absolute atomic E-state index is 0.0808. The second-order valence-corrected chi connectivity index (χ2v) is 9.19. The van der Waals surface area contributed by atoms with Crippen LogP contribution in [0, 0.1) is 11.3 Å². The number of fused-ring (bicyclic) bond motifs is 1. The predicted molar refractivity (Wildman–Crippen MR) is 114 cm³/mol. The summed E-state index contributed by atoms with van der Waals surface area (Å²) in [5.74, 6) is 0.999. The van der Waals surface area contributed by atoms with Crippen LogP contribution in [-0.2, 0) is 10.0 Å². The Morgan fingerprint density at radius 1 is 1.30 bits per heavy atom. The summed E-state index contributed by atoms with van der Waals surface area (Å²) < 4.78 is 39.3. The summed E-state index contributed by atoms with van der Waals surface area (Å²) in [6.45, 7) is 2.44. The van der Waals surface area contributed by atoms with Gasteiger partial charge in [0.05, 0.1) is 41.6 Å². The van der Waals surface area contributed by atoms with E-state index in [1.165, 1.54) is 29.7 Å². The van der Waals surface area contributed by atoms with Crippen LogP contribution in [0.15, 0.2) is 52.9 Å². The van der Waals surface area contributed by atoms with Gasteiger partial charge in [0.1, 0.15) is 17.6 Å². The standard InChI is InChI=1S/C20H18N4O4S2/c1-13-12-24(16-5-3-14(11-21)9-18(16)27-2)17-6-4-15(10-19(17)28-13)30(25,26)23-20-22-7-8-29-20/h3-10,13H,12H2,1-2H3,(H,22,23)/t13-/m1/s1. The molecule has 1 atom stereocenters. The number of sulfonamides is 1. The van der Waals surface area contributed by atoms with E-state index in [0.717, 1.165) is 5.69 Å². The first-order chi connectivity index (χ1) is 14.4. The van der Waals surface area contributed by atoms with Crippen molar-refractivity contribution in [1.29, 1.82) is 5.26 Å². The second-order valence-electron chi connectivity index (χ2n) is 6.61. The van der Waals surface area contributed by atoms with Gasteiger partial charge in [0.15, 0.2) is 5.13 Å². The highest BCUT2D eigenvalue weighted by atomic mass is 32.2. The molecule has 0 bridgehead atoms. The van der Waals surface area contributed by atoms with E-state index in [1.54, 1.807) is 30.7 Å². The molecule has 0 unspecified atom stereocenters. The molecule has 2 heterocycles. The van der Waals surface area contributed by atoms with Crippen molar-refractivity contribution in [3.63, 3.8) is 0 Å². The number of thiazole rings is 1. The monoisotopic (exact) mass is 442 g/mol. The highest BCUT2D eigenvalue weighted by Crippen LogP contribution is 2.43. The average molecular weight is 443 g/mol. The minimum atomic E-state index is -3.80. The van der Waals surface area contributed by atoms with Gasteiger partial charge in [-0.2, -0.15) is 5.26 Å². The van der Waals surface area contributed by atoms with Gasteiger partial charge < -0.3 is 14.4 Å². The number of nitrogens with zero attached hydrogens (tertiary/aromatic N) is 3. The van der Waals surface area contributed by atoms with Gasteiger partial charge in [-0.15, -0.1) is 11.3 Å². The zero-order valence-corrected chi connectivity index (χ0v) is 17.8. The summed E-state index contributed by atoms with van der Waals surface area (Å²) in [4.78, 5) is 6.04. The number of benzene rings is 2. The van der Waals surface area contributed by atoms with E-state index in [1.807, 2.05) is 17.9 Å². The number of anilines is 3. The molecular formula is C20H18N4O4S2. The summed E-state index contributed by atoms with van der Waals surface area (Å²) in [7, 11) is -2.25. The molecule has 0 aliphatic carbocycles. The molecule has 1 aliphatic heterocycles. The van der Waals surface area contributed by atoms with E-state index in [0.29, 0.717) is 34.4 Å². The molecule has 0 radical (unpaired) electrons. The molecule has 0 spiro atoms. The third-order valence-electron chi connectivity index (χ3n) is 4.55. The average Bonchev–Trinajstić information content (AvgIpc) is 3.24. The van der Waals surface area contributed by atoms with Crippen LogP contribution < -0.4 is 19.1 Å². The Kier molecular flexibility index (Phi) is 5.24. The molecule has 30 heavy (non-hydrogen) atoms. The van der Waals surface area contributed by atoms with Crippen LogP contribution >= 0.6 is 11.3 Å². The Balaban J connectivity index is 1.74. The van der Waals surface area contributed by atoms with Crippen LogP contribution in [0.5, 0.6) is 11.5 Å². The lowest BCUT2D eigenvalue weighted by Crippen LogP contribution is -2.35. The van der Waals surface area contributed by atoms with Crippen molar-refractivity contribution >= 4 is 37.9 Å². The second kappa shape index (κ2) is 7.85. The van der Waals surface area contributed by atoms with E-state index in [9.17, 15) is 8.42 Å². The van der Waals surface area contributed by atoms with Gasteiger partial charge in [-0.05, 0) is 31.2 Å². The molecular weight excluding hydrogens is 424 g/mol. The van der Waals surface area contributed by atoms with Crippen LogP contribution in [0.4, 0.5) is 16.5 Å². The highest BCUT2D eigenvalue weighted by molar-refractivity contribution is 7.93. The summed E-state index contributed by atoms with van der Waals surface area (Å²) in [6, 6.07) is 12.0. The maximum atomic E-state index is 12.7. The first-order valence-corrected chi connectivity index (χ1v) is 11.4. The molecule has 154 valence electrons. The zero-order valence-electron chi connectivity index (χ0n) is 16.2. The first-order valence-electron chi connectivity index (χ1n) is 9.00. The van der Waals surface area contributed by atoms with Crippen molar-refractivity contribution < 1.29 is 17.9 Å². The zero-order chi connectivity index (χ0) is 21.3. The van der Waals surface area contributed by atoms with E-state index in [4.69, 9.17) is 14.7 Å². The molecule has 4 rings (SSSR count). The number of rotatable bonds is 5. The number of aromatic nitrogens is 1. The Morgan fingerprint density at radius 2 is 2.10 bits per heavy atom. The number of nitriles is 1. The third kappa shape index (κ3) is 3.77. The summed E-state index contributed by atoms with van der Waals surface area (Å²) in [6.07, 6.45) is 1.34. The molecule has 3 aromatic rings. The SMILES string of the molecule is COc1cc(C#N)ccc1N1C[C@@H](C)Oc2cc(S(=O)(=O)Nc3nccs3)ccc21.